The van der Waals surface area contributed by atoms with E-state index in [-0.39, 0.29) is 24.4 Å². The minimum absolute atomic E-state index is 0.0237. The number of para-hydroxylation sites is 1. The van der Waals surface area contributed by atoms with Gasteiger partial charge in [0, 0.05) is 12.6 Å². The molecule has 1 N–H and O–H groups in total. The van der Waals surface area contributed by atoms with Crippen LogP contribution in [-0.4, -0.2) is 52.7 Å². The smallest absolute Gasteiger partial charge is 0.244 e. The molecule has 1 saturated heterocycles. The second kappa shape index (κ2) is 8.55. The zero-order valence-corrected chi connectivity index (χ0v) is 17.3. The van der Waals surface area contributed by atoms with Crippen molar-refractivity contribution in [3.05, 3.63) is 41.6 Å². The average Bonchev–Trinajstić information content (AvgIpc) is 3.43. The van der Waals surface area contributed by atoms with E-state index in [1.165, 1.54) is 12.8 Å². The van der Waals surface area contributed by atoms with E-state index < -0.39 is 0 Å². The summed E-state index contributed by atoms with van der Waals surface area (Å²) in [5.41, 5.74) is 0.722. The van der Waals surface area contributed by atoms with Crippen LogP contribution in [0.25, 0.3) is 0 Å². The zero-order valence-electron chi connectivity index (χ0n) is 16.6. The molecule has 2 aromatic rings. The molecule has 154 valence electrons. The van der Waals surface area contributed by atoms with Gasteiger partial charge in [0.05, 0.1) is 35.5 Å². The number of amides is 2. The minimum atomic E-state index is -0.336. The van der Waals surface area contributed by atoms with Gasteiger partial charge >= 0.3 is 0 Å². The maximum absolute atomic E-state index is 12.9. The molecule has 29 heavy (non-hydrogen) atoms. The Morgan fingerprint density at radius 2 is 2.00 bits per heavy atom. The zero-order chi connectivity index (χ0) is 20.4. The van der Waals surface area contributed by atoms with Crippen molar-refractivity contribution in [2.24, 2.45) is 0 Å². The van der Waals surface area contributed by atoms with E-state index in [4.69, 9.17) is 11.6 Å². The summed E-state index contributed by atoms with van der Waals surface area (Å²) in [6.07, 6.45) is 6.98. The summed E-state index contributed by atoms with van der Waals surface area (Å²) >= 11 is 6.25. The number of rotatable bonds is 6. The topological polar surface area (TPSA) is 70.5 Å². The molecule has 1 unspecified atom stereocenters. The van der Waals surface area contributed by atoms with Gasteiger partial charge in [-0.25, -0.2) is 4.68 Å². The largest absolute Gasteiger partial charge is 0.310 e. The fourth-order valence-electron chi connectivity index (χ4n) is 4.36. The highest BCUT2D eigenvalue weighted by Gasteiger charge is 2.36. The van der Waals surface area contributed by atoms with E-state index in [9.17, 15) is 9.59 Å². The third kappa shape index (κ3) is 4.16. The van der Waals surface area contributed by atoms with Gasteiger partial charge < -0.3 is 10.2 Å². The first-order valence-electron chi connectivity index (χ1n) is 10.1. The molecule has 4 rings (SSSR count). The standard InChI is InChI=1S/C21H26ClN5O2/c1-25(18-11-13-26(21(18)29)17-9-5-4-8-16(17)22)14-20(28)24-19-10-12-23-27(19)15-6-2-3-7-15/h4-5,8-10,12,15,18H,2-3,6-7,11,13-14H2,1H3,(H,24,28). The van der Waals surface area contributed by atoms with Crippen LogP contribution in [0.2, 0.25) is 5.02 Å². The molecule has 0 spiro atoms. The number of hydrogen-bond acceptors (Lipinski definition) is 4. The van der Waals surface area contributed by atoms with Gasteiger partial charge in [0.15, 0.2) is 0 Å². The lowest BCUT2D eigenvalue weighted by Crippen LogP contribution is -2.43. The number of carbonyl (C=O) groups excluding carboxylic acids is 2. The Balaban J connectivity index is 1.37. The Bertz CT molecular complexity index is 893. The Morgan fingerprint density at radius 1 is 1.24 bits per heavy atom. The lowest BCUT2D eigenvalue weighted by Gasteiger charge is -2.24. The Labute approximate surface area is 175 Å². The first kappa shape index (κ1) is 19.9. The summed E-state index contributed by atoms with van der Waals surface area (Å²) in [5, 5.41) is 7.91. The van der Waals surface area contributed by atoms with Gasteiger partial charge in [0.25, 0.3) is 0 Å². The average molecular weight is 416 g/mol. The van der Waals surface area contributed by atoms with E-state index in [0.717, 1.165) is 24.3 Å². The first-order valence-corrected chi connectivity index (χ1v) is 10.5. The first-order chi connectivity index (χ1) is 14.0. The highest BCUT2D eigenvalue weighted by atomic mass is 35.5. The summed E-state index contributed by atoms with van der Waals surface area (Å²) in [5.74, 6) is 0.561. The highest BCUT2D eigenvalue weighted by Crippen LogP contribution is 2.32. The molecule has 1 aromatic carbocycles. The van der Waals surface area contributed by atoms with Crippen LogP contribution in [0.4, 0.5) is 11.5 Å². The van der Waals surface area contributed by atoms with E-state index in [1.807, 2.05) is 40.9 Å². The van der Waals surface area contributed by atoms with Crippen LogP contribution in [0.1, 0.15) is 38.1 Å². The molecule has 2 aliphatic rings. The molecule has 2 fully saturated rings. The van der Waals surface area contributed by atoms with E-state index in [0.29, 0.717) is 24.0 Å². The van der Waals surface area contributed by atoms with Crippen molar-refractivity contribution in [3.63, 3.8) is 0 Å². The maximum atomic E-state index is 12.9. The molecule has 1 saturated carbocycles. The molecule has 7 nitrogen and oxygen atoms in total. The van der Waals surface area contributed by atoms with Crippen LogP contribution >= 0.6 is 11.6 Å². The van der Waals surface area contributed by atoms with Gasteiger partial charge in [0.1, 0.15) is 5.82 Å². The predicted octanol–water partition coefficient (Wildman–Crippen LogP) is 3.33. The van der Waals surface area contributed by atoms with E-state index >= 15 is 0 Å². The third-order valence-electron chi connectivity index (χ3n) is 5.85. The number of aromatic nitrogens is 2. The molecular formula is C21H26ClN5O2. The van der Waals surface area contributed by atoms with Crippen LogP contribution in [0, 0.1) is 0 Å². The fourth-order valence-corrected chi connectivity index (χ4v) is 4.59. The second-order valence-electron chi connectivity index (χ2n) is 7.81. The van der Waals surface area contributed by atoms with Crippen molar-refractivity contribution in [1.29, 1.82) is 0 Å². The van der Waals surface area contributed by atoms with Crippen molar-refractivity contribution in [2.45, 2.75) is 44.2 Å². The summed E-state index contributed by atoms with van der Waals surface area (Å²) in [6.45, 7) is 0.732. The lowest BCUT2D eigenvalue weighted by atomic mass is 10.2. The molecule has 1 aliphatic carbocycles. The fraction of sp³-hybridized carbons (Fsp3) is 0.476. The Morgan fingerprint density at radius 3 is 2.76 bits per heavy atom. The molecule has 1 aromatic heterocycles. The Kier molecular flexibility index (Phi) is 5.87. The van der Waals surface area contributed by atoms with Gasteiger partial charge in [-0.15, -0.1) is 0 Å². The summed E-state index contributed by atoms with van der Waals surface area (Å²) in [7, 11) is 1.81. The van der Waals surface area contributed by atoms with Crippen molar-refractivity contribution in [2.75, 3.05) is 30.4 Å². The highest BCUT2D eigenvalue weighted by molar-refractivity contribution is 6.33. The van der Waals surface area contributed by atoms with Gasteiger partial charge in [-0.05, 0) is 38.4 Å². The van der Waals surface area contributed by atoms with Crippen molar-refractivity contribution >= 4 is 34.9 Å². The number of nitrogens with one attached hydrogen (secondary N) is 1. The quantitative estimate of drug-likeness (QED) is 0.785. The van der Waals surface area contributed by atoms with E-state index in [2.05, 4.69) is 10.4 Å². The molecule has 2 amide bonds. The molecule has 8 heteroatoms. The summed E-state index contributed by atoms with van der Waals surface area (Å²) in [4.78, 5) is 29.0. The number of hydrogen-bond donors (Lipinski definition) is 1. The molecule has 0 radical (unpaired) electrons. The van der Waals surface area contributed by atoms with Gasteiger partial charge in [0.2, 0.25) is 11.8 Å². The van der Waals surface area contributed by atoms with Crippen LogP contribution in [0.15, 0.2) is 36.5 Å². The SMILES string of the molecule is CN(CC(=O)Nc1ccnn1C1CCCC1)C1CCN(c2ccccc2Cl)C1=O. The van der Waals surface area contributed by atoms with Crippen LogP contribution in [0.3, 0.4) is 0 Å². The number of anilines is 2. The lowest BCUT2D eigenvalue weighted by molar-refractivity contribution is -0.123. The van der Waals surface area contributed by atoms with Gasteiger partial charge in [-0.3, -0.25) is 14.5 Å². The van der Waals surface area contributed by atoms with Crippen molar-refractivity contribution < 1.29 is 9.59 Å². The van der Waals surface area contributed by atoms with E-state index in [1.54, 1.807) is 17.2 Å². The normalized spacial score (nSPS) is 20.0. The van der Waals surface area contributed by atoms with Gasteiger partial charge in [-0.1, -0.05) is 36.6 Å². The maximum Gasteiger partial charge on any atom is 0.244 e. The number of nitrogens with zero attached hydrogens (tertiary/aromatic N) is 4. The molecule has 1 atom stereocenters. The van der Waals surface area contributed by atoms with Crippen molar-refractivity contribution in [1.82, 2.24) is 14.7 Å². The van der Waals surface area contributed by atoms with Crippen molar-refractivity contribution in [3.8, 4) is 0 Å². The molecule has 0 bridgehead atoms. The summed E-state index contributed by atoms with van der Waals surface area (Å²) < 4.78 is 1.92. The Hall–Kier alpha value is -2.38. The van der Waals surface area contributed by atoms with Crippen LogP contribution in [0.5, 0.6) is 0 Å². The summed E-state index contributed by atoms with van der Waals surface area (Å²) in [6, 6.07) is 9.19. The van der Waals surface area contributed by atoms with Crippen LogP contribution in [-0.2, 0) is 9.59 Å². The molecule has 2 heterocycles. The monoisotopic (exact) mass is 415 g/mol. The number of halogens is 1. The van der Waals surface area contributed by atoms with Gasteiger partial charge in [-0.2, -0.15) is 5.10 Å². The minimum Gasteiger partial charge on any atom is -0.310 e. The molecular weight excluding hydrogens is 390 g/mol. The third-order valence-corrected chi connectivity index (χ3v) is 6.17. The number of benzene rings is 1. The molecule has 1 aliphatic heterocycles. The second-order valence-corrected chi connectivity index (χ2v) is 8.22. The predicted molar refractivity (Wildman–Crippen MR) is 113 cm³/mol. The number of carbonyl (C=O) groups is 2. The number of likely N-dealkylation sites (N-methyl/N-ethyl adjacent to an activating group) is 1. The van der Waals surface area contributed by atoms with Crippen LogP contribution < -0.4 is 10.2 Å².